The molecule has 2 aromatic rings. The van der Waals surface area contributed by atoms with Gasteiger partial charge in [0, 0.05) is 30.4 Å². The first-order valence-corrected chi connectivity index (χ1v) is 6.72. The quantitative estimate of drug-likeness (QED) is 0.920. The number of aryl methyl sites for hydroxylation is 1. The number of hydrogen-bond donors (Lipinski definition) is 1. The first-order chi connectivity index (χ1) is 9.31. The van der Waals surface area contributed by atoms with E-state index in [-0.39, 0.29) is 5.92 Å². The van der Waals surface area contributed by atoms with Crippen molar-refractivity contribution >= 4 is 0 Å². The minimum atomic E-state index is -0.583. The molecule has 0 bridgehead atoms. The second kappa shape index (κ2) is 5.05. The van der Waals surface area contributed by atoms with Crippen LogP contribution in [0.4, 0.5) is 0 Å². The number of rotatable bonds is 3. The Labute approximate surface area is 112 Å². The van der Waals surface area contributed by atoms with Crippen LogP contribution in [-0.4, -0.2) is 21.3 Å². The zero-order chi connectivity index (χ0) is 13.2. The predicted molar refractivity (Wildman–Crippen MR) is 72.2 cm³/mol. The van der Waals surface area contributed by atoms with Crippen LogP contribution in [0.15, 0.2) is 36.7 Å². The summed E-state index contributed by atoms with van der Waals surface area (Å²) in [6.07, 6.45) is 3.88. The highest BCUT2D eigenvalue weighted by molar-refractivity contribution is 5.38. The van der Waals surface area contributed by atoms with Gasteiger partial charge in [0.2, 0.25) is 0 Å². The lowest BCUT2D eigenvalue weighted by Crippen LogP contribution is -2.22. The molecule has 1 N–H and O–H groups in total. The molecule has 0 radical (unpaired) electrons. The van der Waals surface area contributed by atoms with E-state index in [1.807, 2.05) is 35.0 Å². The van der Waals surface area contributed by atoms with Gasteiger partial charge in [-0.25, -0.2) is 4.98 Å². The van der Waals surface area contributed by atoms with Crippen LogP contribution in [0.3, 0.4) is 0 Å². The van der Waals surface area contributed by atoms with E-state index >= 15 is 0 Å². The van der Waals surface area contributed by atoms with Gasteiger partial charge in [-0.2, -0.15) is 0 Å². The van der Waals surface area contributed by atoms with E-state index in [1.54, 1.807) is 6.20 Å². The fourth-order valence-corrected chi connectivity index (χ4v) is 2.73. The summed E-state index contributed by atoms with van der Waals surface area (Å²) in [4.78, 5) is 4.31. The molecular weight excluding hydrogens is 240 g/mol. The summed E-state index contributed by atoms with van der Waals surface area (Å²) >= 11 is 0. The molecule has 2 atom stereocenters. The maximum atomic E-state index is 10.7. The number of fused-ring (bicyclic) bond motifs is 1. The monoisotopic (exact) mass is 258 g/mol. The Morgan fingerprint density at radius 3 is 3.16 bits per heavy atom. The summed E-state index contributed by atoms with van der Waals surface area (Å²) in [6.45, 7) is 3.51. The smallest absolute Gasteiger partial charge is 0.138 e. The SMILES string of the molecule is CCn1ccnc1C(O)C1CCOc2ccccc21. The van der Waals surface area contributed by atoms with Gasteiger partial charge >= 0.3 is 0 Å². The van der Waals surface area contributed by atoms with Crippen LogP contribution in [0.2, 0.25) is 0 Å². The van der Waals surface area contributed by atoms with Crippen LogP contribution in [0.5, 0.6) is 5.75 Å². The summed E-state index contributed by atoms with van der Waals surface area (Å²) in [6, 6.07) is 7.93. The Balaban J connectivity index is 1.95. The molecule has 0 saturated heterocycles. The van der Waals surface area contributed by atoms with Gasteiger partial charge in [-0.3, -0.25) is 0 Å². The maximum absolute atomic E-state index is 10.7. The van der Waals surface area contributed by atoms with Crippen LogP contribution in [0.25, 0.3) is 0 Å². The number of aliphatic hydroxyl groups is 1. The lowest BCUT2D eigenvalue weighted by Gasteiger charge is -2.29. The molecule has 4 heteroatoms. The van der Waals surface area contributed by atoms with E-state index < -0.39 is 6.10 Å². The number of nitrogens with zero attached hydrogens (tertiary/aromatic N) is 2. The lowest BCUT2D eigenvalue weighted by atomic mass is 9.88. The minimum Gasteiger partial charge on any atom is -0.493 e. The highest BCUT2D eigenvalue weighted by Gasteiger charge is 2.30. The molecule has 0 fully saturated rings. The van der Waals surface area contributed by atoms with Crippen molar-refractivity contribution in [1.82, 2.24) is 9.55 Å². The summed E-state index contributed by atoms with van der Waals surface area (Å²) in [7, 11) is 0. The van der Waals surface area contributed by atoms with Gasteiger partial charge in [-0.1, -0.05) is 18.2 Å². The van der Waals surface area contributed by atoms with Gasteiger partial charge in [-0.05, 0) is 19.4 Å². The molecule has 1 aromatic heterocycles. The zero-order valence-electron chi connectivity index (χ0n) is 11.0. The summed E-state index contributed by atoms with van der Waals surface area (Å²) in [5.74, 6) is 1.68. The second-order valence-electron chi connectivity index (χ2n) is 4.80. The average Bonchev–Trinajstić information content (AvgIpc) is 2.94. The Bertz CT molecular complexity index is 565. The number of ether oxygens (including phenoxy) is 1. The van der Waals surface area contributed by atoms with E-state index in [4.69, 9.17) is 4.74 Å². The number of benzene rings is 1. The van der Waals surface area contributed by atoms with Crippen molar-refractivity contribution in [3.8, 4) is 5.75 Å². The Morgan fingerprint density at radius 1 is 1.47 bits per heavy atom. The number of aromatic nitrogens is 2. The fraction of sp³-hybridized carbons (Fsp3) is 0.400. The van der Waals surface area contributed by atoms with Gasteiger partial charge in [0.05, 0.1) is 6.61 Å². The largest absolute Gasteiger partial charge is 0.493 e. The highest BCUT2D eigenvalue weighted by atomic mass is 16.5. The normalized spacial score (nSPS) is 19.6. The van der Waals surface area contributed by atoms with Crippen LogP contribution >= 0.6 is 0 Å². The molecule has 0 aliphatic carbocycles. The van der Waals surface area contributed by atoms with E-state index in [0.717, 1.165) is 30.1 Å². The number of para-hydroxylation sites is 1. The Hall–Kier alpha value is -1.81. The Morgan fingerprint density at radius 2 is 2.32 bits per heavy atom. The molecule has 1 aliphatic heterocycles. The van der Waals surface area contributed by atoms with Crippen molar-refractivity contribution in [2.24, 2.45) is 0 Å². The van der Waals surface area contributed by atoms with Crippen LogP contribution in [0, 0.1) is 0 Å². The van der Waals surface area contributed by atoms with E-state index in [1.165, 1.54) is 0 Å². The van der Waals surface area contributed by atoms with Gasteiger partial charge in [0.25, 0.3) is 0 Å². The minimum absolute atomic E-state index is 0.0534. The van der Waals surface area contributed by atoms with Crippen molar-refractivity contribution in [3.05, 3.63) is 48.0 Å². The third-order valence-electron chi connectivity index (χ3n) is 3.74. The molecule has 19 heavy (non-hydrogen) atoms. The first-order valence-electron chi connectivity index (χ1n) is 6.72. The molecule has 0 saturated carbocycles. The van der Waals surface area contributed by atoms with Gasteiger partial charge < -0.3 is 14.4 Å². The number of hydrogen-bond acceptors (Lipinski definition) is 3. The van der Waals surface area contributed by atoms with Gasteiger partial charge in [0.15, 0.2) is 0 Å². The highest BCUT2D eigenvalue weighted by Crippen LogP contribution is 2.40. The van der Waals surface area contributed by atoms with Gasteiger partial charge in [-0.15, -0.1) is 0 Å². The van der Waals surface area contributed by atoms with Crippen LogP contribution in [0.1, 0.15) is 36.8 Å². The molecule has 3 rings (SSSR count). The molecule has 0 amide bonds. The fourth-order valence-electron chi connectivity index (χ4n) is 2.73. The zero-order valence-corrected chi connectivity index (χ0v) is 11.0. The number of aliphatic hydroxyl groups excluding tert-OH is 1. The predicted octanol–water partition coefficient (Wildman–Crippen LogP) is 2.50. The van der Waals surface area contributed by atoms with E-state index in [2.05, 4.69) is 11.9 Å². The van der Waals surface area contributed by atoms with Crippen molar-refractivity contribution in [3.63, 3.8) is 0 Å². The molecule has 1 aliphatic rings. The van der Waals surface area contributed by atoms with Gasteiger partial charge in [0.1, 0.15) is 17.7 Å². The molecule has 2 unspecified atom stereocenters. The van der Waals surface area contributed by atoms with Crippen LogP contribution < -0.4 is 4.74 Å². The molecule has 4 nitrogen and oxygen atoms in total. The van der Waals surface area contributed by atoms with Crippen molar-refractivity contribution in [1.29, 1.82) is 0 Å². The third-order valence-corrected chi connectivity index (χ3v) is 3.74. The third kappa shape index (κ3) is 2.12. The molecular formula is C15H18N2O2. The standard InChI is InChI=1S/C15H18N2O2/c1-2-17-9-8-16-15(17)14(18)12-7-10-19-13-6-4-3-5-11(12)13/h3-6,8-9,12,14,18H,2,7,10H2,1H3. The first kappa shape index (κ1) is 12.2. The molecule has 2 heterocycles. The summed E-state index contributed by atoms with van der Waals surface area (Å²) in [5.41, 5.74) is 1.08. The lowest BCUT2D eigenvalue weighted by molar-refractivity contribution is 0.106. The van der Waals surface area contributed by atoms with Crippen molar-refractivity contribution in [2.75, 3.05) is 6.61 Å². The number of imidazole rings is 1. The average molecular weight is 258 g/mol. The second-order valence-corrected chi connectivity index (χ2v) is 4.80. The molecule has 0 spiro atoms. The topological polar surface area (TPSA) is 47.3 Å². The van der Waals surface area contributed by atoms with Crippen molar-refractivity contribution in [2.45, 2.75) is 31.9 Å². The summed E-state index contributed by atoms with van der Waals surface area (Å²) < 4.78 is 7.63. The van der Waals surface area contributed by atoms with Crippen LogP contribution in [-0.2, 0) is 6.54 Å². The molecule has 1 aromatic carbocycles. The molecule has 100 valence electrons. The van der Waals surface area contributed by atoms with Crippen molar-refractivity contribution < 1.29 is 9.84 Å². The van der Waals surface area contributed by atoms with E-state index in [9.17, 15) is 5.11 Å². The summed E-state index contributed by atoms with van der Waals surface area (Å²) in [5, 5.41) is 10.7. The van der Waals surface area contributed by atoms with E-state index in [0.29, 0.717) is 6.61 Å². The maximum Gasteiger partial charge on any atom is 0.138 e. The Kier molecular flexibility index (Phi) is 3.25.